The van der Waals surface area contributed by atoms with Crippen LogP contribution in [0.15, 0.2) is 24.3 Å². The minimum atomic E-state index is -4.38. The van der Waals surface area contributed by atoms with Gasteiger partial charge in [-0.1, -0.05) is 19.1 Å². The van der Waals surface area contributed by atoms with E-state index in [4.69, 9.17) is 4.74 Å². The summed E-state index contributed by atoms with van der Waals surface area (Å²) < 4.78 is 44.4. The van der Waals surface area contributed by atoms with Crippen molar-refractivity contribution in [3.05, 3.63) is 35.4 Å². The molecular weight excluding hydrogens is 319 g/mol. The van der Waals surface area contributed by atoms with E-state index >= 15 is 0 Å². The summed E-state index contributed by atoms with van der Waals surface area (Å²) >= 11 is 0. The Morgan fingerprint density at radius 1 is 1.29 bits per heavy atom. The maximum atomic E-state index is 13.0. The molecule has 24 heavy (non-hydrogen) atoms. The number of rotatable bonds is 4. The standard InChI is InChI=1S/C18H22F3NO2/c1-11-9-15(11)17(23)22-16(12-5-7-24-8-6-12)13-3-2-4-14(10-13)18(19,20)21/h2-4,10-12,15-16H,5-9H2,1H3,(H,22,23)/t11-,15-,16+/m1/s1. The van der Waals surface area contributed by atoms with Crippen LogP contribution < -0.4 is 5.32 Å². The van der Waals surface area contributed by atoms with Crippen molar-refractivity contribution in [2.75, 3.05) is 13.2 Å². The Kier molecular flexibility index (Phi) is 4.85. The molecule has 0 unspecified atom stereocenters. The van der Waals surface area contributed by atoms with Crippen LogP contribution in [0.5, 0.6) is 0 Å². The molecule has 1 heterocycles. The fourth-order valence-electron chi connectivity index (χ4n) is 3.38. The molecule has 0 radical (unpaired) electrons. The first kappa shape index (κ1) is 17.3. The van der Waals surface area contributed by atoms with E-state index < -0.39 is 17.8 Å². The Morgan fingerprint density at radius 2 is 1.96 bits per heavy atom. The first-order chi connectivity index (χ1) is 11.4. The van der Waals surface area contributed by atoms with Gasteiger partial charge in [0.2, 0.25) is 5.91 Å². The summed E-state index contributed by atoms with van der Waals surface area (Å²) in [7, 11) is 0. The Balaban J connectivity index is 1.84. The van der Waals surface area contributed by atoms with Gasteiger partial charge in [-0.3, -0.25) is 4.79 Å². The second-order valence-electron chi connectivity index (χ2n) is 6.88. The Bertz CT molecular complexity index is 596. The van der Waals surface area contributed by atoms with E-state index in [2.05, 4.69) is 5.32 Å². The van der Waals surface area contributed by atoms with Crippen LogP contribution in [0.1, 0.15) is 43.4 Å². The summed E-state index contributed by atoms with van der Waals surface area (Å²) in [6, 6.07) is 4.92. The third-order valence-electron chi connectivity index (χ3n) is 5.05. The zero-order valence-corrected chi connectivity index (χ0v) is 13.6. The highest BCUT2D eigenvalue weighted by Crippen LogP contribution is 2.40. The molecule has 6 heteroatoms. The van der Waals surface area contributed by atoms with Gasteiger partial charge in [0, 0.05) is 19.1 Å². The molecule has 2 aliphatic rings. The first-order valence-corrected chi connectivity index (χ1v) is 8.41. The maximum absolute atomic E-state index is 13.0. The zero-order valence-electron chi connectivity index (χ0n) is 13.6. The van der Waals surface area contributed by atoms with Crippen LogP contribution in [0, 0.1) is 17.8 Å². The van der Waals surface area contributed by atoms with E-state index in [1.165, 1.54) is 6.07 Å². The molecule has 1 saturated heterocycles. The van der Waals surface area contributed by atoms with E-state index in [-0.39, 0.29) is 17.7 Å². The molecule has 1 N–H and O–H groups in total. The number of halogens is 3. The number of benzene rings is 1. The quantitative estimate of drug-likeness (QED) is 0.901. The molecule has 0 bridgehead atoms. The third kappa shape index (κ3) is 3.91. The average Bonchev–Trinajstić information content (AvgIpc) is 3.29. The average molecular weight is 341 g/mol. The topological polar surface area (TPSA) is 38.3 Å². The van der Waals surface area contributed by atoms with E-state index in [0.717, 1.165) is 31.4 Å². The summed E-state index contributed by atoms with van der Waals surface area (Å²) in [6.07, 6.45) is -2.05. The Morgan fingerprint density at radius 3 is 2.54 bits per heavy atom. The number of nitrogens with one attached hydrogen (secondary N) is 1. The highest BCUT2D eigenvalue weighted by atomic mass is 19.4. The number of carbonyl (C=O) groups excluding carboxylic acids is 1. The molecule has 3 rings (SSSR count). The van der Waals surface area contributed by atoms with E-state index in [9.17, 15) is 18.0 Å². The third-order valence-corrected chi connectivity index (χ3v) is 5.05. The second-order valence-corrected chi connectivity index (χ2v) is 6.88. The second kappa shape index (κ2) is 6.75. The number of carbonyl (C=O) groups is 1. The molecule has 2 fully saturated rings. The van der Waals surface area contributed by atoms with Crippen molar-refractivity contribution in [2.45, 2.75) is 38.4 Å². The molecule has 1 amide bonds. The first-order valence-electron chi connectivity index (χ1n) is 8.41. The molecule has 1 aliphatic carbocycles. The van der Waals surface area contributed by atoms with E-state index in [1.807, 2.05) is 6.92 Å². The predicted molar refractivity (Wildman–Crippen MR) is 83.1 cm³/mol. The van der Waals surface area contributed by atoms with Crippen LogP contribution in [0.25, 0.3) is 0 Å². The van der Waals surface area contributed by atoms with Gasteiger partial charge < -0.3 is 10.1 Å². The highest BCUT2D eigenvalue weighted by molar-refractivity contribution is 5.81. The van der Waals surface area contributed by atoms with Gasteiger partial charge in [0.05, 0.1) is 11.6 Å². The van der Waals surface area contributed by atoms with Gasteiger partial charge in [0.15, 0.2) is 0 Å². The Hall–Kier alpha value is -1.56. The van der Waals surface area contributed by atoms with Gasteiger partial charge in [-0.2, -0.15) is 13.2 Å². The predicted octanol–water partition coefficient (Wildman–Crippen LogP) is 3.95. The van der Waals surface area contributed by atoms with Crippen molar-refractivity contribution in [3.63, 3.8) is 0 Å². The molecule has 0 spiro atoms. The molecule has 1 aromatic carbocycles. The smallest absolute Gasteiger partial charge is 0.381 e. The maximum Gasteiger partial charge on any atom is 0.416 e. The minimum absolute atomic E-state index is 0.00172. The summed E-state index contributed by atoms with van der Waals surface area (Å²) in [6.45, 7) is 3.17. The molecule has 0 aromatic heterocycles. The van der Waals surface area contributed by atoms with Gasteiger partial charge in [-0.15, -0.1) is 0 Å². The van der Waals surface area contributed by atoms with Crippen molar-refractivity contribution in [1.82, 2.24) is 5.32 Å². The number of amides is 1. The summed E-state index contributed by atoms with van der Waals surface area (Å²) in [5.41, 5.74) is -0.149. The number of hydrogen-bond donors (Lipinski definition) is 1. The van der Waals surface area contributed by atoms with Crippen LogP contribution >= 0.6 is 0 Å². The van der Waals surface area contributed by atoms with Gasteiger partial charge >= 0.3 is 6.18 Å². The van der Waals surface area contributed by atoms with Gasteiger partial charge in [-0.25, -0.2) is 0 Å². The summed E-state index contributed by atoms with van der Waals surface area (Å²) in [4.78, 5) is 12.4. The molecule has 132 valence electrons. The number of ether oxygens (including phenoxy) is 1. The van der Waals surface area contributed by atoms with Crippen molar-refractivity contribution in [2.24, 2.45) is 17.8 Å². The largest absolute Gasteiger partial charge is 0.416 e. The highest BCUT2D eigenvalue weighted by Gasteiger charge is 2.41. The van der Waals surface area contributed by atoms with Crippen molar-refractivity contribution < 1.29 is 22.7 Å². The van der Waals surface area contributed by atoms with Crippen molar-refractivity contribution >= 4 is 5.91 Å². The SMILES string of the molecule is C[C@@H]1C[C@H]1C(=O)N[C@H](c1cccc(C(F)(F)F)c1)C1CCOCC1. The van der Waals surface area contributed by atoms with Crippen LogP contribution in [-0.4, -0.2) is 19.1 Å². The van der Waals surface area contributed by atoms with Crippen LogP contribution in [0.2, 0.25) is 0 Å². The molecule has 1 saturated carbocycles. The van der Waals surface area contributed by atoms with E-state index in [0.29, 0.717) is 24.7 Å². The monoisotopic (exact) mass is 341 g/mol. The lowest BCUT2D eigenvalue weighted by Gasteiger charge is -2.31. The van der Waals surface area contributed by atoms with Gasteiger partial charge in [-0.05, 0) is 48.8 Å². The Labute approximate surface area is 139 Å². The van der Waals surface area contributed by atoms with Gasteiger partial charge in [0.25, 0.3) is 0 Å². The normalized spacial score (nSPS) is 26.0. The summed E-state index contributed by atoms with van der Waals surface area (Å²) in [5.74, 6) is 0.414. The van der Waals surface area contributed by atoms with Crippen LogP contribution in [0.4, 0.5) is 13.2 Å². The lowest BCUT2D eigenvalue weighted by atomic mass is 9.86. The molecule has 3 atom stereocenters. The number of alkyl halides is 3. The van der Waals surface area contributed by atoms with Crippen LogP contribution in [0.3, 0.4) is 0 Å². The van der Waals surface area contributed by atoms with Crippen LogP contribution in [-0.2, 0) is 15.7 Å². The van der Waals surface area contributed by atoms with E-state index in [1.54, 1.807) is 6.07 Å². The lowest BCUT2D eigenvalue weighted by molar-refractivity contribution is -0.137. The van der Waals surface area contributed by atoms with Crippen molar-refractivity contribution in [1.29, 1.82) is 0 Å². The fraction of sp³-hybridized carbons (Fsp3) is 0.611. The molecule has 3 nitrogen and oxygen atoms in total. The zero-order chi connectivity index (χ0) is 17.3. The summed E-state index contributed by atoms with van der Waals surface area (Å²) in [5, 5.41) is 3.01. The minimum Gasteiger partial charge on any atom is -0.381 e. The van der Waals surface area contributed by atoms with Crippen molar-refractivity contribution in [3.8, 4) is 0 Å². The fourth-order valence-corrected chi connectivity index (χ4v) is 3.38. The molecule has 1 aromatic rings. The van der Waals surface area contributed by atoms with Gasteiger partial charge in [0.1, 0.15) is 0 Å². The molecular formula is C18H22F3NO2. The lowest BCUT2D eigenvalue weighted by Crippen LogP contribution is -2.37. The number of hydrogen-bond acceptors (Lipinski definition) is 2. The molecule has 1 aliphatic heterocycles.